The highest BCUT2D eigenvalue weighted by Crippen LogP contribution is 2.44. The molecule has 5 rings (SSSR count). The van der Waals surface area contributed by atoms with E-state index in [1.807, 2.05) is 30.0 Å². The van der Waals surface area contributed by atoms with Crippen LogP contribution in [0.5, 0.6) is 0 Å². The Hall–Kier alpha value is -2.96. The minimum absolute atomic E-state index is 0.332. The number of anilines is 1. The molecule has 0 aliphatic heterocycles. The Morgan fingerprint density at radius 1 is 1.18 bits per heavy atom. The molecule has 4 heterocycles. The largest absolute Gasteiger partial charge is 0.352 e. The fourth-order valence-corrected chi connectivity index (χ4v) is 3.80. The molecule has 0 amide bonds. The lowest BCUT2D eigenvalue weighted by molar-refractivity contribution is 0.600. The molecule has 144 valence electrons. The average molecular weight is 375 g/mol. The molecule has 0 spiro atoms. The van der Waals surface area contributed by atoms with E-state index in [0.29, 0.717) is 17.4 Å². The number of hydrogen-bond acceptors (Lipinski definition) is 5. The van der Waals surface area contributed by atoms with Crippen molar-refractivity contribution in [3.63, 3.8) is 0 Å². The molecule has 0 unspecified atom stereocenters. The molecule has 7 nitrogen and oxygen atoms in total. The summed E-state index contributed by atoms with van der Waals surface area (Å²) < 4.78 is 4.11. The molecule has 1 N–H and O–H groups in total. The number of nitrogens with one attached hydrogen (secondary N) is 1. The quantitative estimate of drug-likeness (QED) is 0.565. The van der Waals surface area contributed by atoms with E-state index in [0.717, 1.165) is 40.2 Å². The van der Waals surface area contributed by atoms with E-state index in [9.17, 15) is 0 Å². The minimum atomic E-state index is 0.332. The third-order valence-corrected chi connectivity index (χ3v) is 5.74. The first-order valence-electron chi connectivity index (χ1n) is 9.87. The smallest absolute Gasteiger partial charge is 0.241 e. The maximum Gasteiger partial charge on any atom is 0.241 e. The van der Waals surface area contributed by atoms with E-state index in [4.69, 9.17) is 0 Å². The molecule has 28 heavy (non-hydrogen) atoms. The molecule has 0 bridgehead atoms. The predicted molar refractivity (Wildman–Crippen MR) is 110 cm³/mol. The summed E-state index contributed by atoms with van der Waals surface area (Å²) in [6, 6.07) is 4.57. The number of rotatable bonds is 5. The van der Waals surface area contributed by atoms with Gasteiger partial charge in [-0.25, -0.2) is 19.5 Å². The van der Waals surface area contributed by atoms with Gasteiger partial charge in [0.1, 0.15) is 5.82 Å². The molecule has 1 saturated carbocycles. The van der Waals surface area contributed by atoms with E-state index < -0.39 is 0 Å². The van der Waals surface area contributed by atoms with Crippen LogP contribution in [0.3, 0.4) is 0 Å². The predicted octanol–water partition coefficient (Wildman–Crippen LogP) is 4.24. The summed E-state index contributed by atoms with van der Waals surface area (Å²) in [5.74, 6) is 1.66. The van der Waals surface area contributed by atoms with Crippen LogP contribution in [0.4, 0.5) is 5.95 Å². The van der Waals surface area contributed by atoms with Crippen molar-refractivity contribution in [2.24, 2.45) is 5.41 Å². The van der Waals surface area contributed by atoms with Crippen molar-refractivity contribution >= 4 is 22.6 Å². The van der Waals surface area contributed by atoms with Crippen molar-refractivity contribution in [2.75, 3.05) is 11.9 Å². The second-order valence-corrected chi connectivity index (χ2v) is 8.49. The number of hydrogen-bond donors (Lipinski definition) is 1. The highest BCUT2D eigenvalue weighted by Gasteiger charge is 2.37. The second kappa shape index (κ2) is 6.02. The van der Waals surface area contributed by atoms with E-state index in [1.54, 1.807) is 0 Å². The summed E-state index contributed by atoms with van der Waals surface area (Å²) >= 11 is 0. The van der Waals surface area contributed by atoms with Crippen LogP contribution in [0.15, 0.2) is 30.7 Å². The highest BCUT2D eigenvalue weighted by molar-refractivity contribution is 5.85. The van der Waals surface area contributed by atoms with Gasteiger partial charge >= 0.3 is 0 Å². The van der Waals surface area contributed by atoms with E-state index in [1.165, 1.54) is 12.8 Å². The van der Waals surface area contributed by atoms with Crippen LogP contribution < -0.4 is 5.32 Å². The van der Waals surface area contributed by atoms with Gasteiger partial charge in [0.25, 0.3) is 0 Å². The van der Waals surface area contributed by atoms with Gasteiger partial charge < -0.3 is 9.88 Å². The van der Waals surface area contributed by atoms with Crippen LogP contribution in [0.2, 0.25) is 0 Å². The van der Waals surface area contributed by atoms with Crippen LogP contribution in [-0.2, 0) is 0 Å². The minimum Gasteiger partial charge on any atom is -0.352 e. The van der Waals surface area contributed by atoms with Gasteiger partial charge in [-0.1, -0.05) is 6.92 Å². The van der Waals surface area contributed by atoms with Crippen molar-refractivity contribution in [1.29, 1.82) is 0 Å². The Morgan fingerprint density at radius 2 is 2.00 bits per heavy atom. The lowest BCUT2D eigenvalue weighted by Crippen LogP contribution is -2.14. The normalized spacial score (nSPS) is 15.6. The zero-order valence-electron chi connectivity index (χ0n) is 16.8. The van der Waals surface area contributed by atoms with Gasteiger partial charge in [-0.2, -0.15) is 0 Å². The van der Waals surface area contributed by atoms with Crippen LogP contribution >= 0.6 is 0 Å². The van der Waals surface area contributed by atoms with Crippen LogP contribution in [0.1, 0.15) is 45.5 Å². The van der Waals surface area contributed by atoms with Crippen LogP contribution in [-0.4, -0.2) is 35.7 Å². The number of nitrogens with zero attached hydrogens (tertiary/aromatic N) is 6. The first-order valence-corrected chi connectivity index (χ1v) is 9.87. The van der Waals surface area contributed by atoms with Gasteiger partial charge in [0, 0.05) is 36.1 Å². The Balaban J connectivity index is 1.52. The lowest BCUT2D eigenvalue weighted by Gasteiger charge is -2.11. The molecular weight excluding hydrogens is 350 g/mol. The topological polar surface area (TPSA) is 72.9 Å². The molecule has 0 radical (unpaired) electrons. The van der Waals surface area contributed by atoms with Crippen LogP contribution in [0, 0.1) is 12.3 Å². The highest BCUT2D eigenvalue weighted by atomic mass is 15.3. The summed E-state index contributed by atoms with van der Waals surface area (Å²) in [4.78, 5) is 13.7. The molecule has 4 aromatic rings. The molecule has 1 fully saturated rings. The Bertz CT molecular complexity index is 1180. The monoisotopic (exact) mass is 375 g/mol. The molecule has 7 heteroatoms. The summed E-state index contributed by atoms with van der Waals surface area (Å²) in [5.41, 5.74) is 5.35. The molecule has 1 aliphatic carbocycles. The Kier molecular flexibility index (Phi) is 3.69. The molecule has 4 aromatic heterocycles. The van der Waals surface area contributed by atoms with Crippen molar-refractivity contribution in [3.8, 4) is 11.1 Å². The summed E-state index contributed by atoms with van der Waals surface area (Å²) in [5, 5.41) is 7.99. The molecule has 0 aromatic carbocycles. The van der Waals surface area contributed by atoms with Gasteiger partial charge in [0.05, 0.1) is 17.2 Å². The third kappa shape index (κ3) is 2.82. The zero-order valence-corrected chi connectivity index (χ0v) is 16.8. The second-order valence-electron chi connectivity index (χ2n) is 8.49. The fourth-order valence-electron chi connectivity index (χ4n) is 3.80. The first-order chi connectivity index (χ1) is 13.4. The first kappa shape index (κ1) is 17.2. The van der Waals surface area contributed by atoms with E-state index in [2.05, 4.69) is 62.8 Å². The van der Waals surface area contributed by atoms with Crippen molar-refractivity contribution in [3.05, 3.63) is 36.5 Å². The summed E-state index contributed by atoms with van der Waals surface area (Å²) in [7, 11) is 0. The summed E-state index contributed by atoms with van der Waals surface area (Å²) in [6.45, 7) is 9.57. The molecular formula is C21H25N7. The van der Waals surface area contributed by atoms with Gasteiger partial charge in [0.2, 0.25) is 5.95 Å². The van der Waals surface area contributed by atoms with Gasteiger partial charge in [-0.15, -0.1) is 5.10 Å². The van der Waals surface area contributed by atoms with Gasteiger partial charge in [-0.3, -0.25) is 0 Å². The maximum atomic E-state index is 4.62. The Labute approximate surface area is 163 Å². The van der Waals surface area contributed by atoms with Gasteiger partial charge in [0.15, 0.2) is 5.65 Å². The SMILES string of the molecule is Cc1nc2ncc(-c3ccn4nc(NCC5(C)CC5)ncc34)cc2n1C(C)C. The molecule has 1 aliphatic rings. The van der Waals surface area contributed by atoms with Crippen LogP contribution in [0.25, 0.3) is 27.8 Å². The van der Waals surface area contributed by atoms with E-state index in [-0.39, 0.29) is 0 Å². The zero-order chi connectivity index (χ0) is 19.5. The number of pyridine rings is 1. The number of fused-ring (bicyclic) bond motifs is 2. The van der Waals surface area contributed by atoms with Crippen molar-refractivity contribution in [2.45, 2.75) is 46.6 Å². The molecule has 0 saturated heterocycles. The third-order valence-electron chi connectivity index (χ3n) is 5.74. The Morgan fingerprint density at radius 3 is 2.75 bits per heavy atom. The summed E-state index contributed by atoms with van der Waals surface area (Å²) in [6.07, 6.45) is 8.30. The van der Waals surface area contributed by atoms with Crippen molar-refractivity contribution in [1.82, 2.24) is 29.1 Å². The molecule has 0 atom stereocenters. The number of imidazole rings is 1. The maximum absolute atomic E-state index is 4.62. The number of aryl methyl sites for hydroxylation is 1. The standard InChI is InChI=1S/C21H25N7/c1-13(2)28-14(3)25-19-17(28)9-15(10-22-19)16-5-8-27-18(16)11-23-20(26-27)24-12-21(4)6-7-21/h5,8-11,13H,6-7,12H2,1-4H3,(H,24,26). The lowest BCUT2D eigenvalue weighted by atomic mass is 10.1. The van der Waals surface area contributed by atoms with E-state index >= 15 is 0 Å². The number of aromatic nitrogens is 6. The fraction of sp³-hybridized carbons (Fsp3) is 0.429. The van der Waals surface area contributed by atoms with Crippen molar-refractivity contribution < 1.29 is 0 Å². The van der Waals surface area contributed by atoms with Gasteiger partial charge in [-0.05, 0) is 51.2 Å². The average Bonchev–Trinajstić information content (AvgIpc) is 3.11.